The number of likely N-dealkylation sites (tertiary alicyclic amines) is 2. The van der Waals surface area contributed by atoms with Crippen LogP contribution in [0.5, 0.6) is 11.5 Å². The molecule has 6 heteroatoms. The quantitative estimate of drug-likeness (QED) is 0.257. The molecule has 4 rings (SSSR count). The number of hydrogen-bond acceptors (Lipinski definition) is 4. The second kappa shape index (κ2) is 16.9. The zero-order valence-corrected chi connectivity index (χ0v) is 26.6. The Bertz CT molecular complexity index is 926. The molecule has 0 bridgehead atoms. The minimum atomic E-state index is 0. The van der Waals surface area contributed by atoms with Crippen LogP contribution < -0.4 is 0 Å². The van der Waals surface area contributed by atoms with Crippen molar-refractivity contribution in [1.82, 2.24) is 9.80 Å². The van der Waals surface area contributed by atoms with Crippen LogP contribution in [0.1, 0.15) is 102 Å². The highest BCUT2D eigenvalue weighted by Crippen LogP contribution is 2.39. The number of rotatable bonds is 11. The average Bonchev–Trinajstić information content (AvgIpc) is 3.28. The van der Waals surface area contributed by atoms with Gasteiger partial charge in [-0.3, -0.25) is 0 Å². The lowest BCUT2D eigenvalue weighted by Gasteiger charge is -2.36. The van der Waals surface area contributed by atoms with Crippen molar-refractivity contribution in [1.29, 1.82) is 0 Å². The third-order valence-corrected chi connectivity index (χ3v) is 9.78. The fraction of sp³-hybridized carbons (Fsp3) is 0.647. The van der Waals surface area contributed by atoms with E-state index in [1.165, 1.54) is 102 Å². The second-order valence-corrected chi connectivity index (χ2v) is 12.2. The van der Waals surface area contributed by atoms with Gasteiger partial charge in [0.25, 0.3) is 0 Å². The van der Waals surface area contributed by atoms with Crippen LogP contribution in [0.4, 0.5) is 0 Å². The van der Waals surface area contributed by atoms with E-state index in [9.17, 15) is 10.2 Å². The topological polar surface area (TPSA) is 46.9 Å². The number of aromatic hydroxyl groups is 2. The van der Waals surface area contributed by atoms with E-state index in [1.54, 1.807) is 12.1 Å². The van der Waals surface area contributed by atoms with Crippen molar-refractivity contribution < 1.29 is 10.2 Å². The van der Waals surface area contributed by atoms with Gasteiger partial charge in [-0.15, -0.1) is 24.8 Å². The lowest BCUT2D eigenvalue weighted by atomic mass is 9.74. The van der Waals surface area contributed by atoms with Crippen LogP contribution in [0, 0.1) is 0 Å². The minimum Gasteiger partial charge on any atom is -0.508 e. The fourth-order valence-electron chi connectivity index (χ4n) is 7.30. The number of unbranched alkanes of at least 4 members (excludes halogenated alkanes) is 3. The van der Waals surface area contributed by atoms with Crippen molar-refractivity contribution in [3.05, 3.63) is 59.7 Å². The van der Waals surface area contributed by atoms with E-state index < -0.39 is 0 Å². The Labute approximate surface area is 256 Å². The molecular formula is C34H54Cl2N2O2. The highest BCUT2D eigenvalue weighted by Gasteiger charge is 2.35. The van der Waals surface area contributed by atoms with Gasteiger partial charge in [0.05, 0.1) is 0 Å². The Balaban J connectivity index is 0.00000280. The van der Waals surface area contributed by atoms with Crippen LogP contribution in [0.15, 0.2) is 48.5 Å². The molecule has 2 fully saturated rings. The molecule has 2 aliphatic heterocycles. The molecule has 2 aliphatic rings. The number of hydrogen-bond donors (Lipinski definition) is 2. The maximum absolute atomic E-state index is 10.1. The summed E-state index contributed by atoms with van der Waals surface area (Å²) in [5.41, 5.74) is 2.98. The molecule has 0 aliphatic carbocycles. The Morgan fingerprint density at radius 3 is 1.43 bits per heavy atom. The van der Waals surface area contributed by atoms with Gasteiger partial charge in [-0.05, 0) is 113 Å². The standard InChI is InChI=1S/C34H52N2O2.2ClH/c1-3-33(29-15-13-17-31(37)25-29)19-7-11-23-35(27-33)21-9-5-6-10-22-36-24-12-8-20-34(4-2,28-36)30-16-14-18-32(38)26-30;;/h13-18,25-26,37-38H,3-12,19-24,27-28H2,1-2H3;2*1H/t33-,34-;;/m1../s1. The lowest BCUT2D eigenvalue weighted by Crippen LogP contribution is -2.40. The number of halogens is 2. The summed E-state index contributed by atoms with van der Waals surface area (Å²) in [6.07, 6.45) is 15.0. The summed E-state index contributed by atoms with van der Waals surface area (Å²) in [7, 11) is 0. The number of phenols is 2. The van der Waals surface area contributed by atoms with Gasteiger partial charge in [0.2, 0.25) is 0 Å². The van der Waals surface area contributed by atoms with Crippen molar-refractivity contribution in [2.45, 2.75) is 102 Å². The van der Waals surface area contributed by atoms with Crippen LogP contribution in [0.3, 0.4) is 0 Å². The summed E-state index contributed by atoms with van der Waals surface area (Å²) in [6, 6.07) is 16.1. The predicted molar refractivity (Wildman–Crippen MR) is 174 cm³/mol. The molecule has 2 heterocycles. The van der Waals surface area contributed by atoms with Crippen molar-refractivity contribution in [2.75, 3.05) is 39.3 Å². The summed E-state index contributed by atoms with van der Waals surface area (Å²) in [5.74, 6) is 0.794. The van der Waals surface area contributed by atoms with Gasteiger partial charge in [-0.25, -0.2) is 0 Å². The van der Waals surface area contributed by atoms with E-state index in [0.29, 0.717) is 11.5 Å². The van der Waals surface area contributed by atoms with Gasteiger partial charge in [0, 0.05) is 23.9 Å². The van der Waals surface area contributed by atoms with Crippen LogP contribution in [0.25, 0.3) is 0 Å². The van der Waals surface area contributed by atoms with E-state index in [1.807, 2.05) is 24.3 Å². The molecule has 0 aromatic heterocycles. The summed E-state index contributed by atoms with van der Waals surface area (Å²) in [6.45, 7) is 11.7. The van der Waals surface area contributed by atoms with E-state index in [2.05, 4.69) is 35.8 Å². The average molecular weight is 594 g/mol. The molecule has 2 N–H and O–H groups in total. The number of phenolic OH excluding ortho intramolecular Hbond substituents is 2. The van der Waals surface area contributed by atoms with Crippen molar-refractivity contribution >= 4 is 24.8 Å². The van der Waals surface area contributed by atoms with Gasteiger partial charge in [-0.2, -0.15) is 0 Å². The van der Waals surface area contributed by atoms with Gasteiger partial charge in [0.1, 0.15) is 11.5 Å². The Hall–Kier alpha value is -1.46. The van der Waals surface area contributed by atoms with Crippen molar-refractivity contribution in [2.24, 2.45) is 0 Å². The van der Waals surface area contributed by atoms with Gasteiger partial charge in [0.15, 0.2) is 0 Å². The summed E-state index contributed by atoms with van der Waals surface area (Å²) < 4.78 is 0. The first-order valence-corrected chi connectivity index (χ1v) is 15.5. The second-order valence-electron chi connectivity index (χ2n) is 12.2. The molecule has 2 saturated heterocycles. The summed E-state index contributed by atoms with van der Waals surface area (Å²) in [4.78, 5) is 5.42. The molecular weight excluding hydrogens is 539 g/mol. The molecule has 0 spiro atoms. The van der Waals surface area contributed by atoms with Gasteiger partial charge < -0.3 is 20.0 Å². The van der Waals surface area contributed by atoms with Crippen molar-refractivity contribution in [3.63, 3.8) is 0 Å². The van der Waals surface area contributed by atoms with Crippen LogP contribution in [-0.4, -0.2) is 59.3 Å². The van der Waals surface area contributed by atoms with Gasteiger partial charge in [-0.1, -0.05) is 63.8 Å². The van der Waals surface area contributed by atoms with E-state index in [0.717, 1.165) is 25.9 Å². The van der Waals surface area contributed by atoms with Crippen LogP contribution in [-0.2, 0) is 10.8 Å². The van der Waals surface area contributed by atoms with E-state index in [4.69, 9.17) is 0 Å². The molecule has 0 unspecified atom stereocenters. The normalized spacial score (nSPS) is 24.4. The summed E-state index contributed by atoms with van der Waals surface area (Å²) in [5, 5.41) is 20.2. The molecule has 4 nitrogen and oxygen atoms in total. The largest absolute Gasteiger partial charge is 0.508 e. The number of nitrogens with zero attached hydrogens (tertiary/aromatic N) is 2. The first kappa shape index (κ1) is 34.7. The molecule has 2 aromatic rings. The molecule has 40 heavy (non-hydrogen) atoms. The maximum Gasteiger partial charge on any atom is 0.115 e. The Kier molecular flexibility index (Phi) is 14.6. The first-order chi connectivity index (χ1) is 18.5. The van der Waals surface area contributed by atoms with Gasteiger partial charge >= 0.3 is 0 Å². The third kappa shape index (κ3) is 9.02. The van der Waals surface area contributed by atoms with Crippen LogP contribution in [0.2, 0.25) is 0 Å². The maximum atomic E-state index is 10.1. The highest BCUT2D eigenvalue weighted by molar-refractivity contribution is 5.85. The van der Waals surface area contributed by atoms with Crippen molar-refractivity contribution in [3.8, 4) is 11.5 Å². The highest BCUT2D eigenvalue weighted by atomic mass is 35.5. The SMILES string of the molecule is CC[C@@]1(c2cccc(O)c2)CCCCN(CCCCCCN2CCCC[C@@](CC)(c3cccc(O)c3)C2)C1.Cl.Cl. The third-order valence-electron chi connectivity index (χ3n) is 9.78. The predicted octanol–water partition coefficient (Wildman–Crippen LogP) is 8.47. The Morgan fingerprint density at radius 1 is 0.625 bits per heavy atom. The minimum absolute atomic E-state index is 0. The van der Waals surface area contributed by atoms with Crippen LogP contribution >= 0.6 is 24.8 Å². The molecule has 226 valence electrons. The smallest absolute Gasteiger partial charge is 0.115 e. The molecule has 0 amide bonds. The molecule has 2 aromatic carbocycles. The monoisotopic (exact) mass is 592 g/mol. The van der Waals surface area contributed by atoms with E-state index in [-0.39, 0.29) is 35.6 Å². The Morgan fingerprint density at radius 2 is 1.05 bits per heavy atom. The molecule has 0 saturated carbocycles. The van der Waals surface area contributed by atoms with E-state index >= 15 is 0 Å². The first-order valence-electron chi connectivity index (χ1n) is 15.5. The number of benzene rings is 2. The molecule has 2 atom stereocenters. The lowest BCUT2D eigenvalue weighted by molar-refractivity contribution is 0.207. The zero-order valence-electron chi connectivity index (χ0n) is 25.0. The molecule has 0 radical (unpaired) electrons. The summed E-state index contributed by atoms with van der Waals surface area (Å²) >= 11 is 0. The zero-order chi connectivity index (χ0) is 26.8. The fourth-order valence-corrected chi connectivity index (χ4v) is 7.30.